The Morgan fingerprint density at radius 1 is 1.24 bits per heavy atom. The number of pyridine rings is 1. The molecule has 132 valence electrons. The fourth-order valence-electron chi connectivity index (χ4n) is 3.27. The molecule has 1 aromatic carbocycles. The van der Waals surface area contributed by atoms with E-state index in [1.165, 1.54) is 5.56 Å². The summed E-state index contributed by atoms with van der Waals surface area (Å²) in [4.78, 5) is 18.8. The van der Waals surface area contributed by atoms with E-state index in [4.69, 9.17) is 9.47 Å². The van der Waals surface area contributed by atoms with Gasteiger partial charge in [-0.2, -0.15) is 0 Å². The molecule has 0 saturated heterocycles. The summed E-state index contributed by atoms with van der Waals surface area (Å²) in [5.41, 5.74) is 3.45. The van der Waals surface area contributed by atoms with Crippen LogP contribution in [0.25, 0.3) is 0 Å². The molecule has 5 heteroatoms. The second-order valence-electron chi connectivity index (χ2n) is 6.43. The zero-order chi connectivity index (χ0) is 17.8. The van der Waals surface area contributed by atoms with Gasteiger partial charge in [0.05, 0.1) is 14.2 Å². The highest BCUT2D eigenvalue weighted by atomic mass is 16.5. The van der Waals surface area contributed by atoms with Gasteiger partial charge in [-0.1, -0.05) is 13.0 Å². The lowest BCUT2D eigenvalue weighted by molar-refractivity contribution is -0.132. The first-order valence-corrected chi connectivity index (χ1v) is 8.53. The van der Waals surface area contributed by atoms with Gasteiger partial charge in [0, 0.05) is 31.9 Å². The molecule has 3 rings (SSSR count). The summed E-state index contributed by atoms with van der Waals surface area (Å²) in [6.45, 7) is 3.43. The van der Waals surface area contributed by atoms with Crippen molar-refractivity contribution < 1.29 is 14.3 Å². The second kappa shape index (κ2) is 7.55. The molecule has 0 spiro atoms. The van der Waals surface area contributed by atoms with Gasteiger partial charge in [-0.15, -0.1) is 0 Å². The van der Waals surface area contributed by atoms with E-state index in [0.717, 1.165) is 29.8 Å². The molecule has 0 fully saturated rings. The van der Waals surface area contributed by atoms with Crippen LogP contribution in [0.1, 0.15) is 36.0 Å². The lowest BCUT2D eigenvalue weighted by Crippen LogP contribution is -2.36. The predicted molar refractivity (Wildman–Crippen MR) is 95.9 cm³/mol. The minimum Gasteiger partial charge on any atom is -0.493 e. The maximum absolute atomic E-state index is 12.7. The van der Waals surface area contributed by atoms with Crippen molar-refractivity contribution in [3.05, 3.63) is 53.3 Å². The number of amides is 1. The third kappa shape index (κ3) is 3.76. The molecule has 0 aliphatic carbocycles. The number of carbonyl (C=O) groups is 1. The van der Waals surface area contributed by atoms with Crippen LogP contribution >= 0.6 is 0 Å². The zero-order valence-corrected chi connectivity index (χ0v) is 15.0. The van der Waals surface area contributed by atoms with Crippen LogP contribution < -0.4 is 9.47 Å². The average molecular weight is 340 g/mol. The Labute approximate surface area is 148 Å². The van der Waals surface area contributed by atoms with Crippen molar-refractivity contribution in [1.29, 1.82) is 0 Å². The van der Waals surface area contributed by atoms with E-state index in [2.05, 4.69) is 11.9 Å². The van der Waals surface area contributed by atoms with E-state index >= 15 is 0 Å². The van der Waals surface area contributed by atoms with Crippen molar-refractivity contribution in [1.82, 2.24) is 9.88 Å². The van der Waals surface area contributed by atoms with E-state index in [0.29, 0.717) is 18.7 Å². The number of methoxy groups -OCH3 is 2. The number of ether oxygens (including phenoxy) is 2. The van der Waals surface area contributed by atoms with Gasteiger partial charge in [0.1, 0.15) is 0 Å². The normalized spacial score (nSPS) is 14.6. The van der Waals surface area contributed by atoms with Gasteiger partial charge < -0.3 is 14.4 Å². The van der Waals surface area contributed by atoms with Crippen molar-refractivity contribution in [2.45, 2.75) is 32.2 Å². The Morgan fingerprint density at radius 2 is 1.96 bits per heavy atom. The van der Waals surface area contributed by atoms with Crippen LogP contribution in [-0.4, -0.2) is 36.6 Å². The first kappa shape index (κ1) is 17.3. The number of aromatic nitrogens is 1. The fourth-order valence-corrected chi connectivity index (χ4v) is 3.27. The van der Waals surface area contributed by atoms with Crippen molar-refractivity contribution >= 4 is 5.91 Å². The molecule has 1 aliphatic heterocycles. The summed E-state index contributed by atoms with van der Waals surface area (Å²) in [6, 6.07) is 7.94. The van der Waals surface area contributed by atoms with Gasteiger partial charge in [-0.05, 0) is 47.2 Å². The Morgan fingerprint density at radius 3 is 2.60 bits per heavy atom. The molecule has 1 aromatic heterocycles. The molecule has 1 amide bonds. The van der Waals surface area contributed by atoms with Gasteiger partial charge in [0.2, 0.25) is 5.91 Å². The molecular weight excluding hydrogens is 316 g/mol. The monoisotopic (exact) mass is 340 g/mol. The summed E-state index contributed by atoms with van der Waals surface area (Å²) >= 11 is 0. The van der Waals surface area contributed by atoms with E-state index in [1.807, 2.05) is 35.4 Å². The van der Waals surface area contributed by atoms with Crippen LogP contribution in [0.15, 0.2) is 36.7 Å². The highest BCUT2D eigenvalue weighted by Crippen LogP contribution is 2.33. The van der Waals surface area contributed by atoms with Crippen molar-refractivity contribution in [2.75, 3.05) is 20.8 Å². The number of hydrogen-bond acceptors (Lipinski definition) is 4. The molecule has 5 nitrogen and oxygen atoms in total. The molecule has 0 bridgehead atoms. The van der Waals surface area contributed by atoms with Gasteiger partial charge >= 0.3 is 0 Å². The van der Waals surface area contributed by atoms with Gasteiger partial charge in [0.15, 0.2) is 11.5 Å². The second-order valence-corrected chi connectivity index (χ2v) is 6.43. The van der Waals surface area contributed by atoms with Crippen LogP contribution in [-0.2, 0) is 17.8 Å². The number of carbonyl (C=O) groups excluding carboxylic acids is 1. The smallest absolute Gasteiger partial charge is 0.223 e. The maximum Gasteiger partial charge on any atom is 0.223 e. The molecular formula is C20H24N2O3. The van der Waals surface area contributed by atoms with E-state index < -0.39 is 0 Å². The first-order valence-electron chi connectivity index (χ1n) is 8.53. The Balaban J connectivity index is 1.70. The molecule has 1 atom stereocenters. The predicted octanol–water partition coefficient (Wildman–Crippen LogP) is 3.18. The lowest BCUT2D eigenvalue weighted by Gasteiger charge is -2.30. The van der Waals surface area contributed by atoms with Gasteiger partial charge in [-0.3, -0.25) is 9.78 Å². The average Bonchev–Trinajstić information content (AvgIpc) is 2.66. The lowest BCUT2D eigenvalue weighted by atomic mass is 9.96. The third-order valence-corrected chi connectivity index (χ3v) is 4.81. The SMILES string of the molecule is COc1cc2c(cc1OC)CN(C(=O)CC(C)c1cccnc1)CC2. The minimum atomic E-state index is 0.160. The fraction of sp³-hybridized carbons (Fsp3) is 0.400. The third-order valence-electron chi connectivity index (χ3n) is 4.81. The first-order chi connectivity index (χ1) is 12.1. The standard InChI is InChI=1S/C20H24N2O3/c1-14(16-5-4-7-21-12-16)9-20(23)22-8-6-15-10-18(24-2)19(25-3)11-17(15)13-22/h4-5,7,10-12,14H,6,8-9,13H2,1-3H3. The number of benzene rings is 1. The largest absolute Gasteiger partial charge is 0.493 e. The van der Waals surface area contributed by atoms with Crippen LogP contribution in [0.4, 0.5) is 0 Å². The molecule has 0 saturated carbocycles. The Bertz CT molecular complexity index is 746. The van der Waals surface area contributed by atoms with Crippen molar-refractivity contribution in [2.24, 2.45) is 0 Å². The molecule has 2 aromatic rings. The van der Waals surface area contributed by atoms with Crippen LogP contribution in [0.2, 0.25) is 0 Å². The maximum atomic E-state index is 12.7. The van der Waals surface area contributed by atoms with Gasteiger partial charge in [0.25, 0.3) is 0 Å². The highest BCUT2D eigenvalue weighted by molar-refractivity contribution is 5.77. The van der Waals surface area contributed by atoms with E-state index in [1.54, 1.807) is 20.4 Å². The number of hydrogen-bond donors (Lipinski definition) is 0. The summed E-state index contributed by atoms with van der Waals surface area (Å²) in [5, 5.41) is 0. The van der Waals surface area contributed by atoms with Crippen molar-refractivity contribution in [3.8, 4) is 11.5 Å². The number of rotatable bonds is 5. The Hall–Kier alpha value is -2.56. The molecule has 1 unspecified atom stereocenters. The summed E-state index contributed by atoms with van der Waals surface area (Å²) in [5.74, 6) is 1.79. The zero-order valence-electron chi connectivity index (χ0n) is 15.0. The molecule has 0 N–H and O–H groups in total. The molecule has 2 heterocycles. The van der Waals surface area contributed by atoms with Crippen LogP contribution in [0, 0.1) is 0 Å². The molecule has 25 heavy (non-hydrogen) atoms. The number of fused-ring (bicyclic) bond motifs is 1. The highest BCUT2D eigenvalue weighted by Gasteiger charge is 2.24. The molecule has 1 aliphatic rings. The number of nitrogens with zero attached hydrogens (tertiary/aromatic N) is 2. The van der Waals surface area contributed by atoms with Crippen molar-refractivity contribution in [3.63, 3.8) is 0 Å². The Kier molecular flexibility index (Phi) is 5.22. The minimum absolute atomic E-state index is 0.160. The van der Waals surface area contributed by atoms with E-state index in [-0.39, 0.29) is 11.8 Å². The quantitative estimate of drug-likeness (QED) is 0.839. The summed E-state index contributed by atoms with van der Waals surface area (Å²) < 4.78 is 10.8. The summed E-state index contributed by atoms with van der Waals surface area (Å²) in [6.07, 6.45) is 4.92. The summed E-state index contributed by atoms with van der Waals surface area (Å²) in [7, 11) is 3.27. The van der Waals surface area contributed by atoms with Gasteiger partial charge in [-0.25, -0.2) is 0 Å². The van der Waals surface area contributed by atoms with Crippen LogP contribution in [0.3, 0.4) is 0 Å². The molecule has 0 radical (unpaired) electrons. The van der Waals surface area contributed by atoms with E-state index in [9.17, 15) is 4.79 Å². The van der Waals surface area contributed by atoms with Crippen LogP contribution in [0.5, 0.6) is 11.5 Å². The topological polar surface area (TPSA) is 51.7 Å².